The standard InChI is InChI=1S/C27H46O4/c1-6-19-23-15-18(31-17(3)29)9-12-27(23,5)22-10-13-26(4)20(16(2)11-14-28)7-8-21(26)24(22)25(19)30/h16,18-25,28,30H,6-15H2,1-5H3/t16-,18-,19-,20-,21?,22?,23?,24?,25?,26-,27-/m1/s1. The number of carbonyl (C=O) groups excluding carboxylic acids is 1. The third-order valence-electron chi connectivity index (χ3n) is 11.0. The van der Waals surface area contributed by atoms with Gasteiger partial charge in [-0.1, -0.05) is 34.1 Å². The SMILES string of the molecule is CC[C@H]1C(O)C2C(CC[C@@]3(C)C2CC[C@@H]3[C@H](C)CCO)[C@@]2(C)CC[C@@H](OC(C)=O)CC12. The summed E-state index contributed by atoms with van der Waals surface area (Å²) >= 11 is 0. The third-order valence-corrected chi connectivity index (χ3v) is 11.0. The van der Waals surface area contributed by atoms with Crippen LogP contribution in [-0.2, 0) is 9.53 Å². The van der Waals surface area contributed by atoms with Gasteiger partial charge in [0.2, 0.25) is 0 Å². The molecule has 11 atom stereocenters. The van der Waals surface area contributed by atoms with Crippen molar-refractivity contribution >= 4 is 5.97 Å². The van der Waals surface area contributed by atoms with Gasteiger partial charge >= 0.3 is 5.97 Å². The molecule has 0 aliphatic heterocycles. The molecule has 2 N–H and O–H groups in total. The lowest BCUT2D eigenvalue weighted by Crippen LogP contribution is -2.62. The second-order valence-corrected chi connectivity index (χ2v) is 12.2. The Morgan fingerprint density at radius 1 is 1.06 bits per heavy atom. The summed E-state index contributed by atoms with van der Waals surface area (Å²) in [6, 6.07) is 0. The Morgan fingerprint density at radius 2 is 1.74 bits per heavy atom. The van der Waals surface area contributed by atoms with Crippen molar-refractivity contribution in [1.82, 2.24) is 0 Å². The average molecular weight is 435 g/mol. The molecule has 0 bridgehead atoms. The van der Waals surface area contributed by atoms with E-state index in [2.05, 4.69) is 27.7 Å². The van der Waals surface area contributed by atoms with E-state index in [1.807, 2.05) is 0 Å². The first-order valence-corrected chi connectivity index (χ1v) is 13.1. The lowest BCUT2D eigenvalue weighted by atomic mass is 9.41. The number of fused-ring (bicyclic) bond motifs is 5. The lowest BCUT2D eigenvalue weighted by Gasteiger charge is -2.64. The van der Waals surface area contributed by atoms with E-state index in [1.54, 1.807) is 0 Å². The lowest BCUT2D eigenvalue weighted by molar-refractivity contribution is -0.207. The summed E-state index contributed by atoms with van der Waals surface area (Å²) < 4.78 is 5.66. The molecular weight excluding hydrogens is 388 g/mol. The number of aliphatic hydroxyl groups excluding tert-OH is 2. The summed E-state index contributed by atoms with van der Waals surface area (Å²) in [5, 5.41) is 21.4. The van der Waals surface area contributed by atoms with Crippen molar-refractivity contribution in [3.05, 3.63) is 0 Å². The molecule has 0 aromatic rings. The highest BCUT2D eigenvalue weighted by Gasteiger charge is 2.65. The number of carbonyl (C=O) groups is 1. The first-order chi connectivity index (χ1) is 14.7. The Hall–Kier alpha value is -0.610. The van der Waals surface area contributed by atoms with E-state index in [0.29, 0.717) is 46.8 Å². The van der Waals surface area contributed by atoms with Crippen LogP contribution in [0.15, 0.2) is 0 Å². The maximum Gasteiger partial charge on any atom is 0.302 e. The van der Waals surface area contributed by atoms with Crippen molar-refractivity contribution in [2.45, 2.75) is 105 Å². The second kappa shape index (κ2) is 8.63. The van der Waals surface area contributed by atoms with E-state index in [4.69, 9.17) is 4.74 Å². The summed E-state index contributed by atoms with van der Waals surface area (Å²) in [4.78, 5) is 11.6. The minimum atomic E-state index is -0.235. The number of rotatable bonds is 5. The molecule has 0 radical (unpaired) electrons. The number of esters is 1. The number of ether oxygens (including phenoxy) is 1. The fourth-order valence-corrected chi connectivity index (χ4v) is 9.66. The van der Waals surface area contributed by atoms with Gasteiger partial charge in [0.1, 0.15) is 6.10 Å². The summed E-state index contributed by atoms with van der Waals surface area (Å²) in [5.41, 5.74) is 0.546. The molecule has 31 heavy (non-hydrogen) atoms. The van der Waals surface area contributed by atoms with Crippen LogP contribution in [0.5, 0.6) is 0 Å². The third kappa shape index (κ3) is 3.68. The molecule has 4 nitrogen and oxygen atoms in total. The Kier molecular flexibility index (Phi) is 6.55. The summed E-state index contributed by atoms with van der Waals surface area (Å²) in [5.74, 6) is 3.40. The monoisotopic (exact) mass is 434 g/mol. The van der Waals surface area contributed by atoms with Gasteiger partial charge < -0.3 is 14.9 Å². The smallest absolute Gasteiger partial charge is 0.302 e. The van der Waals surface area contributed by atoms with Crippen LogP contribution in [0.25, 0.3) is 0 Å². The van der Waals surface area contributed by atoms with E-state index >= 15 is 0 Å². The Balaban J connectivity index is 1.62. The number of hydrogen-bond acceptors (Lipinski definition) is 4. The first-order valence-electron chi connectivity index (χ1n) is 13.1. The number of aliphatic hydroxyl groups is 2. The quantitative estimate of drug-likeness (QED) is 0.584. The first kappa shape index (κ1) is 23.5. The van der Waals surface area contributed by atoms with Gasteiger partial charge in [-0.25, -0.2) is 0 Å². The van der Waals surface area contributed by atoms with E-state index in [9.17, 15) is 15.0 Å². The van der Waals surface area contributed by atoms with Crippen LogP contribution in [-0.4, -0.2) is 35.0 Å². The van der Waals surface area contributed by atoms with Crippen LogP contribution in [0, 0.1) is 52.3 Å². The van der Waals surface area contributed by atoms with Crippen LogP contribution < -0.4 is 0 Å². The van der Waals surface area contributed by atoms with Crippen molar-refractivity contribution in [3.63, 3.8) is 0 Å². The van der Waals surface area contributed by atoms with Crippen LogP contribution in [0.4, 0.5) is 0 Å². The topological polar surface area (TPSA) is 66.8 Å². The molecule has 178 valence electrons. The molecule has 0 aromatic carbocycles. The maximum atomic E-state index is 11.8. The van der Waals surface area contributed by atoms with Crippen LogP contribution >= 0.6 is 0 Å². The summed E-state index contributed by atoms with van der Waals surface area (Å²) in [6.45, 7) is 11.4. The van der Waals surface area contributed by atoms with Gasteiger partial charge in [0.25, 0.3) is 0 Å². The molecule has 0 aromatic heterocycles. The molecule has 5 unspecified atom stereocenters. The van der Waals surface area contributed by atoms with E-state index in [1.165, 1.54) is 32.6 Å². The Labute approximate surface area is 189 Å². The summed E-state index contributed by atoms with van der Waals surface area (Å²) in [7, 11) is 0. The van der Waals surface area contributed by atoms with Gasteiger partial charge in [-0.2, -0.15) is 0 Å². The highest BCUT2D eigenvalue weighted by atomic mass is 16.5. The zero-order valence-corrected chi connectivity index (χ0v) is 20.5. The normalized spacial score (nSPS) is 50.2. The Bertz CT molecular complexity index is 664. The minimum absolute atomic E-state index is 0.0254. The van der Waals surface area contributed by atoms with Crippen molar-refractivity contribution in [2.24, 2.45) is 52.3 Å². The molecule has 4 aliphatic rings. The average Bonchev–Trinajstić information content (AvgIpc) is 3.06. The zero-order valence-electron chi connectivity index (χ0n) is 20.5. The van der Waals surface area contributed by atoms with Crippen LogP contribution in [0.2, 0.25) is 0 Å². The molecule has 4 rings (SSSR count). The predicted molar refractivity (Wildman–Crippen MR) is 122 cm³/mol. The van der Waals surface area contributed by atoms with Gasteiger partial charge in [0, 0.05) is 13.5 Å². The van der Waals surface area contributed by atoms with Gasteiger partial charge in [0.15, 0.2) is 0 Å². The molecule has 0 spiro atoms. The second-order valence-electron chi connectivity index (χ2n) is 12.2. The highest BCUT2D eigenvalue weighted by molar-refractivity contribution is 5.66. The van der Waals surface area contributed by atoms with Crippen LogP contribution in [0.3, 0.4) is 0 Å². The van der Waals surface area contributed by atoms with Crippen molar-refractivity contribution in [2.75, 3.05) is 6.61 Å². The maximum absolute atomic E-state index is 11.8. The molecule has 0 heterocycles. The summed E-state index contributed by atoms with van der Waals surface area (Å²) in [6.07, 6.45) is 9.69. The van der Waals surface area contributed by atoms with E-state index < -0.39 is 0 Å². The van der Waals surface area contributed by atoms with Gasteiger partial charge in [0.05, 0.1) is 6.10 Å². The van der Waals surface area contributed by atoms with Crippen molar-refractivity contribution < 1.29 is 19.7 Å². The molecule has 0 saturated heterocycles. The van der Waals surface area contributed by atoms with Crippen molar-refractivity contribution in [3.8, 4) is 0 Å². The molecular formula is C27H46O4. The van der Waals surface area contributed by atoms with Crippen molar-refractivity contribution in [1.29, 1.82) is 0 Å². The molecule has 4 saturated carbocycles. The van der Waals surface area contributed by atoms with E-state index in [0.717, 1.165) is 32.1 Å². The number of hydrogen-bond donors (Lipinski definition) is 2. The Morgan fingerprint density at radius 3 is 2.39 bits per heavy atom. The molecule has 4 fully saturated rings. The fraction of sp³-hybridized carbons (Fsp3) is 0.963. The fourth-order valence-electron chi connectivity index (χ4n) is 9.66. The van der Waals surface area contributed by atoms with Gasteiger partial charge in [-0.05, 0) is 104 Å². The zero-order chi connectivity index (χ0) is 22.6. The van der Waals surface area contributed by atoms with Gasteiger partial charge in [-0.3, -0.25) is 4.79 Å². The minimum Gasteiger partial charge on any atom is -0.463 e. The largest absolute Gasteiger partial charge is 0.463 e. The molecule has 4 aliphatic carbocycles. The van der Waals surface area contributed by atoms with Gasteiger partial charge in [-0.15, -0.1) is 0 Å². The van der Waals surface area contributed by atoms with E-state index in [-0.39, 0.29) is 30.2 Å². The van der Waals surface area contributed by atoms with Crippen LogP contribution in [0.1, 0.15) is 92.4 Å². The molecule has 0 amide bonds. The predicted octanol–water partition coefficient (Wildman–Crippen LogP) is 5.20. The highest BCUT2D eigenvalue weighted by Crippen LogP contribution is 2.69. The molecule has 4 heteroatoms.